The van der Waals surface area contributed by atoms with Gasteiger partial charge in [-0.15, -0.1) is 5.10 Å². The minimum atomic E-state index is -0.247. The third-order valence-corrected chi connectivity index (χ3v) is 4.38. The van der Waals surface area contributed by atoms with E-state index in [-0.39, 0.29) is 23.8 Å². The van der Waals surface area contributed by atoms with Gasteiger partial charge in [0.2, 0.25) is 5.89 Å². The molecule has 0 aromatic carbocycles. The summed E-state index contributed by atoms with van der Waals surface area (Å²) in [6.07, 6.45) is 5.83. The standard InChI is InChI=1S/C14H19N7O2/c1-20-10(7-15-19-20)8-21-6-2-3-11(21)14-17-12(18-23-14)13(22)16-9-4-5-9/h7,9,11H,2-6,8H2,1H3,(H,16,22)/t11-/m0/s1. The van der Waals surface area contributed by atoms with Crippen LogP contribution in [0.2, 0.25) is 0 Å². The fourth-order valence-corrected chi connectivity index (χ4v) is 2.90. The van der Waals surface area contributed by atoms with Gasteiger partial charge in [0.25, 0.3) is 11.7 Å². The topological polar surface area (TPSA) is 102 Å². The Kier molecular flexibility index (Phi) is 3.56. The number of aryl methyl sites for hydroxylation is 1. The lowest BCUT2D eigenvalue weighted by molar-refractivity contribution is 0.0937. The fourth-order valence-electron chi connectivity index (χ4n) is 2.90. The molecule has 2 aromatic rings. The highest BCUT2D eigenvalue weighted by Gasteiger charge is 2.33. The van der Waals surface area contributed by atoms with E-state index in [2.05, 4.69) is 30.7 Å². The predicted octanol–water partition coefficient (Wildman–Crippen LogP) is 0.427. The molecule has 0 unspecified atom stereocenters. The van der Waals surface area contributed by atoms with E-state index in [1.165, 1.54) is 0 Å². The fraction of sp³-hybridized carbons (Fsp3) is 0.643. The molecule has 1 saturated heterocycles. The Hall–Kier alpha value is -2.29. The highest BCUT2D eigenvalue weighted by atomic mass is 16.5. The number of likely N-dealkylation sites (tertiary alicyclic amines) is 1. The third kappa shape index (κ3) is 2.96. The predicted molar refractivity (Wildman–Crippen MR) is 78.2 cm³/mol. The molecule has 9 heteroatoms. The van der Waals surface area contributed by atoms with Gasteiger partial charge >= 0.3 is 0 Å². The van der Waals surface area contributed by atoms with Crippen molar-refractivity contribution in [2.24, 2.45) is 7.05 Å². The lowest BCUT2D eigenvalue weighted by Gasteiger charge is -2.20. The molecule has 4 rings (SSSR count). The number of carbonyl (C=O) groups excluding carboxylic acids is 1. The molecule has 1 saturated carbocycles. The molecule has 1 N–H and O–H groups in total. The second-order valence-electron chi connectivity index (χ2n) is 6.18. The number of nitrogens with zero attached hydrogens (tertiary/aromatic N) is 6. The van der Waals surface area contributed by atoms with Crippen LogP contribution in [0.1, 0.15) is 53.9 Å². The number of rotatable bonds is 5. The van der Waals surface area contributed by atoms with Gasteiger partial charge in [-0.2, -0.15) is 4.98 Å². The Balaban J connectivity index is 1.46. The Morgan fingerprint density at radius 2 is 2.30 bits per heavy atom. The molecular weight excluding hydrogens is 298 g/mol. The molecular formula is C14H19N7O2. The quantitative estimate of drug-likeness (QED) is 0.853. The van der Waals surface area contributed by atoms with E-state index >= 15 is 0 Å². The van der Waals surface area contributed by atoms with Crippen LogP contribution in [-0.4, -0.2) is 48.5 Å². The number of amides is 1. The molecule has 23 heavy (non-hydrogen) atoms. The summed E-state index contributed by atoms with van der Waals surface area (Å²) in [7, 11) is 1.88. The average molecular weight is 317 g/mol. The van der Waals surface area contributed by atoms with Crippen molar-refractivity contribution in [2.75, 3.05) is 6.54 Å². The smallest absolute Gasteiger partial charge is 0.292 e. The normalized spacial score (nSPS) is 21.7. The van der Waals surface area contributed by atoms with Crippen LogP contribution < -0.4 is 5.32 Å². The molecule has 0 radical (unpaired) electrons. The van der Waals surface area contributed by atoms with E-state index in [4.69, 9.17) is 4.52 Å². The first kappa shape index (κ1) is 14.3. The minimum absolute atomic E-state index is 0.0416. The van der Waals surface area contributed by atoms with Gasteiger partial charge in [-0.25, -0.2) is 0 Å². The van der Waals surface area contributed by atoms with Crippen LogP contribution in [-0.2, 0) is 13.6 Å². The Bertz CT molecular complexity index is 706. The molecule has 3 heterocycles. The van der Waals surface area contributed by atoms with E-state index in [9.17, 15) is 4.79 Å². The molecule has 1 atom stereocenters. The lowest BCUT2D eigenvalue weighted by atomic mass is 10.2. The molecule has 9 nitrogen and oxygen atoms in total. The maximum Gasteiger partial charge on any atom is 0.292 e. The number of nitrogens with one attached hydrogen (secondary N) is 1. The molecule has 2 fully saturated rings. The molecule has 1 amide bonds. The van der Waals surface area contributed by atoms with Crippen molar-refractivity contribution >= 4 is 5.91 Å². The summed E-state index contributed by atoms with van der Waals surface area (Å²) in [5.41, 5.74) is 1.03. The summed E-state index contributed by atoms with van der Waals surface area (Å²) in [6, 6.07) is 0.324. The van der Waals surface area contributed by atoms with Crippen LogP contribution in [0.25, 0.3) is 0 Å². The lowest BCUT2D eigenvalue weighted by Crippen LogP contribution is -2.27. The zero-order chi connectivity index (χ0) is 15.8. The van der Waals surface area contributed by atoms with Gasteiger partial charge in [0.05, 0.1) is 17.9 Å². The van der Waals surface area contributed by atoms with Crippen molar-refractivity contribution in [2.45, 2.75) is 44.3 Å². The van der Waals surface area contributed by atoms with E-state index in [0.717, 1.165) is 44.5 Å². The van der Waals surface area contributed by atoms with Gasteiger partial charge in [0.1, 0.15) is 0 Å². The van der Waals surface area contributed by atoms with Crippen molar-refractivity contribution in [3.8, 4) is 0 Å². The minimum Gasteiger partial charge on any atom is -0.346 e. The van der Waals surface area contributed by atoms with Crippen molar-refractivity contribution in [1.29, 1.82) is 0 Å². The maximum absolute atomic E-state index is 12.0. The SMILES string of the molecule is Cn1nncc1CN1CCC[C@H]1c1nc(C(=O)NC2CC2)no1. The second-order valence-corrected chi connectivity index (χ2v) is 6.18. The van der Waals surface area contributed by atoms with Crippen molar-refractivity contribution in [3.05, 3.63) is 23.6 Å². The molecule has 122 valence electrons. The summed E-state index contributed by atoms with van der Waals surface area (Å²) in [5.74, 6) is 0.391. The number of carbonyl (C=O) groups is 1. The molecule has 1 aliphatic heterocycles. The van der Waals surface area contributed by atoms with Crippen LogP contribution >= 0.6 is 0 Å². The number of hydrogen-bond acceptors (Lipinski definition) is 7. The summed E-state index contributed by atoms with van der Waals surface area (Å²) >= 11 is 0. The van der Waals surface area contributed by atoms with Gasteiger partial charge in [0, 0.05) is 19.6 Å². The average Bonchev–Trinajstić information content (AvgIpc) is 2.96. The maximum atomic E-state index is 12.0. The van der Waals surface area contributed by atoms with E-state index in [0.29, 0.717) is 5.89 Å². The monoisotopic (exact) mass is 317 g/mol. The van der Waals surface area contributed by atoms with E-state index in [1.54, 1.807) is 10.9 Å². The molecule has 1 aliphatic carbocycles. The van der Waals surface area contributed by atoms with E-state index in [1.807, 2.05) is 7.05 Å². The van der Waals surface area contributed by atoms with Gasteiger partial charge < -0.3 is 9.84 Å². The summed E-state index contributed by atoms with van der Waals surface area (Å²) in [4.78, 5) is 18.5. The molecule has 0 bridgehead atoms. The van der Waals surface area contributed by atoms with E-state index < -0.39 is 0 Å². The van der Waals surface area contributed by atoms with Crippen molar-refractivity contribution in [1.82, 2.24) is 35.4 Å². The highest BCUT2D eigenvalue weighted by Crippen LogP contribution is 2.32. The van der Waals surface area contributed by atoms with Crippen LogP contribution in [0.3, 0.4) is 0 Å². The Morgan fingerprint density at radius 1 is 1.43 bits per heavy atom. The number of aromatic nitrogens is 5. The van der Waals surface area contributed by atoms with Crippen LogP contribution in [0.5, 0.6) is 0 Å². The number of hydrogen-bond donors (Lipinski definition) is 1. The first-order valence-electron chi connectivity index (χ1n) is 7.93. The summed E-state index contributed by atoms with van der Waals surface area (Å²) < 4.78 is 7.11. The Labute approximate surface area is 133 Å². The largest absolute Gasteiger partial charge is 0.346 e. The van der Waals surface area contributed by atoms with Gasteiger partial charge in [-0.1, -0.05) is 10.4 Å². The first-order valence-corrected chi connectivity index (χ1v) is 7.93. The van der Waals surface area contributed by atoms with Gasteiger partial charge in [-0.05, 0) is 32.2 Å². The first-order chi connectivity index (χ1) is 11.2. The highest BCUT2D eigenvalue weighted by molar-refractivity contribution is 5.90. The van der Waals surface area contributed by atoms with Gasteiger partial charge in [-0.3, -0.25) is 14.4 Å². The summed E-state index contributed by atoms with van der Waals surface area (Å²) in [5, 5.41) is 14.6. The van der Waals surface area contributed by atoms with Crippen LogP contribution in [0, 0.1) is 0 Å². The molecule has 0 spiro atoms. The zero-order valence-electron chi connectivity index (χ0n) is 13.0. The van der Waals surface area contributed by atoms with Crippen LogP contribution in [0.4, 0.5) is 0 Å². The van der Waals surface area contributed by atoms with Crippen molar-refractivity contribution in [3.63, 3.8) is 0 Å². The molecule has 2 aromatic heterocycles. The third-order valence-electron chi connectivity index (χ3n) is 4.38. The van der Waals surface area contributed by atoms with Crippen molar-refractivity contribution < 1.29 is 9.32 Å². The van der Waals surface area contributed by atoms with Gasteiger partial charge in [0.15, 0.2) is 0 Å². The van der Waals surface area contributed by atoms with Crippen LogP contribution in [0.15, 0.2) is 10.7 Å². The second kappa shape index (κ2) is 5.73. The summed E-state index contributed by atoms with van der Waals surface area (Å²) in [6.45, 7) is 1.67. The molecule has 2 aliphatic rings. The Morgan fingerprint density at radius 3 is 3.04 bits per heavy atom. The zero-order valence-corrected chi connectivity index (χ0v) is 13.0.